The first-order chi connectivity index (χ1) is 18.3. The molecule has 1 N–H and O–H groups in total. The minimum Gasteiger partial charge on any atom is -0.325 e. The Morgan fingerprint density at radius 2 is 1.61 bits per heavy atom. The van der Waals surface area contributed by atoms with Crippen molar-refractivity contribution in [1.82, 2.24) is 13.7 Å². The van der Waals surface area contributed by atoms with Crippen LogP contribution in [0.4, 0.5) is 0 Å². The maximum Gasteiger partial charge on any atom is 0.282 e. The van der Waals surface area contributed by atoms with Crippen LogP contribution < -0.4 is 4.72 Å². The van der Waals surface area contributed by atoms with Gasteiger partial charge in [0.25, 0.3) is 15.9 Å². The number of halogens is 1. The van der Waals surface area contributed by atoms with Crippen molar-refractivity contribution in [2.24, 2.45) is 0 Å². The van der Waals surface area contributed by atoms with Gasteiger partial charge in [0, 0.05) is 28.3 Å². The molecule has 0 spiro atoms. The predicted molar refractivity (Wildman–Crippen MR) is 153 cm³/mol. The average Bonchev–Trinajstić information content (AvgIpc) is 3.32. The number of nitrogens with zero attached hydrogens (tertiary/aromatic N) is 2. The van der Waals surface area contributed by atoms with Crippen LogP contribution in [0.25, 0.3) is 28.0 Å². The van der Waals surface area contributed by atoms with Crippen molar-refractivity contribution in [3.05, 3.63) is 106 Å². The monoisotopic (exact) mass is 587 g/mol. The van der Waals surface area contributed by atoms with E-state index in [4.69, 9.17) is 0 Å². The number of carbonyl (C=O) groups excluding carboxylic acids is 1. The van der Waals surface area contributed by atoms with E-state index in [1.807, 2.05) is 72.1 Å². The molecule has 3 aromatic carbocycles. The average molecular weight is 589 g/mol. The van der Waals surface area contributed by atoms with E-state index in [1.54, 1.807) is 12.1 Å². The standard InChI is InChI=1S/C30H26BrN3O3S/c1-20-10-16-24(17-11-20)38(36,37)32-29(35)28-27(22-7-3-2-4-8-22)25-9-5-6-18-33-26(19-34(28)30(25)33)21-12-14-23(31)15-13-21/h2-4,7-8,10-17,19H,5-6,9,18H2,1H3,(H,32,35). The molecule has 2 aromatic heterocycles. The molecule has 0 bridgehead atoms. The van der Waals surface area contributed by atoms with Gasteiger partial charge in [-0.2, -0.15) is 0 Å². The van der Waals surface area contributed by atoms with Crippen LogP contribution in [0.1, 0.15) is 34.5 Å². The Bertz CT molecular complexity index is 1770. The normalized spacial score (nSPS) is 13.4. The van der Waals surface area contributed by atoms with Crippen molar-refractivity contribution in [2.45, 2.75) is 37.6 Å². The summed E-state index contributed by atoms with van der Waals surface area (Å²) in [6, 6.07) is 24.3. The first kappa shape index (κ1) is 24.7. The smallest absolute Gasteiger partial charge is 0.282 e. The second-order valence-corrected chi connectivity index (χ2v) is 12.2. The van der Waals surface area contributed by atoms with Crippen LogP contribution in [0.2, 0.25) is 0 Å². The first-order valence-electron chi connectivity index (χ1n) is 12.5. The van der Waals surface area contributed by atoms with Crippen molar-refractivity contribution in [1.29, 1.82) is 0 Å². The van der Waals surface area contributed by atoms with Gasteiger partial charge in [0.2, 0.25) is 0 Å². The molecule has 0 aliphatic carbocycles. The fourth-order valence-corrected chi connectivity index (χ4v) is 6.54. The van der Waals surface area contributed by atoms with Crippen LogP contribution in [0.5, 0.6) is 0 Å². The Balaban J connectivity index is 1.57. The van der Waals surface area contributed by atoms with Crippen molar-refractivity contribution in [3.63, 3.8) is 0 Å². The van der Waals surface area contributed by atoms with Gasteiger partial charge in [0.15, 0.2) is 0 Å². The molecule has 192 valence electrons. The topological polar surface area (TPSA) is 72.6 Å². The van der Waals surface area contributed by atoms with Crippen molar-refractivity contribution in [3.8, 4) is 22.4 Å². The largest absolute Gasteiger partial charge is 0.325 e. The number of aromatic nitrogens is 2. The summed E-state index contributed by atoms with van der Waals surface area (Å²) in [4.78, 5) is 14.0. The highest BCUT2D eigenvalue weighted by atomic mass is 79.9. The lowest BCUT2D eigenvalue weighted by Crippen LogP contribution is -2.31. The van der Waals surface area contributed by atoms with Crippen LogP contribution in [0.3, 0.4) is 0 Å². The lowest BCUT2D eigenvalue weighted by molar-refractivity contribution is 0.0976. The van der Waals surface area contributed by atoms with E-state index in [-0.39, 0.29) is 4.90 Å². The summed E-state index contributed by atoms with van der Waals surface area (Å²) in [5.74, 6) is -0.647. The molecule has 6 nitrogen and oxygen atoms in total. The van der Waals surface area contributed by atoms with Gasteiger partial charge >= 0.3 is 0 Å². The fraction of sp³-hybridized carbons (Fsp3) is 0.167. The molecule has 5 aromatic rings. The number of hydrogen-bond acceptors (Lipinski definition) is 3. The number of aryl methyl sites for hydroxylation is 3. The molecule has 1 aliphatic rings. The molecule has 0 saturated heterocycles. The summed E-state index contributed by atoms with van der Waals surface area (Å²) < 4.78 is 34.0. The SMILES string of the molecule is Cc1ccc(S(=O)(=O)NC(=O)c2c(-c3ccccc3)c3c4n(c(-c5ccc(Br)cc5)cn24)CCCC3)cc1. The van der Waals surface area contributed by atoms with Crippen LogP contribution in [-0.2, 0) is 23.0 Å². The number of nitrogens with one attached hydrogen (secondary N) is 1. The van der Waals surface area contributed by atoms with E-state index in [0.717, 1.165) is 69.4 Å². The number of imidazole rings is 1. The lowest BCUT2D eigenvalue weighted by atomic mass is 9.98. The molecule has 1 amide bonds. The predicted octanol–water partition coefficient (Wildman–Crippen LogP) is 6.60. The Kier molecular flexibility index (Phi) is 6.24. The maximum atomic E-state index is 13.9. The summed E-state index contributed by atoms with van der Waals surface area (Å²) in [5, 5.41) is 0. The van der Waals surface area contributed by atoms with Gasteiger partial charge in [-0.1, -0.05) is 76.1 Å². The fourth-order valence-electron chi connectivity index (χ4n) is 5.32. The second-order valence-electron chi connectivity index (χ2n) is 9.64. The number of benzene rings is 3. The summed E-state index contributed by atoms with van der Waals surface area (Å²) in [6.07, 6.45) is 4.76. The van der Waals surface area contributed by atoms with Gasteiger partial charge in [-0.3, -0.25) is 9.20 Å². The number of carbonyl (C=O) groups is 1. The van der Waals surface area contributed by atoms with Gasteiger partial charge in [-0.05, 0) is 61.6 Å². The molecule has 0 unspecified atom stereocenters. The highest BCUT2D eigenvalue weighted by Gasteiger charge is 2.31. The van der Waals surface area contributed by atoms with Crippen molar-refractivity contribution >= 4 is 37.5 Å². The maximum absolute atomic E-state index is 13.9. The highest BCUT2D eigenvalue weighted by molar-refractivity contribution is 9.10. The highest BCUT2D eigenvalue weighted by Crippen LogP contribution is 2.39. The molecule has 0 saturated carbocycles. The molecule has 3 heterocycles. The Hall–Kier alpha value is -3.62. The van der Waals surface area contributed by atoms with E-state index in [9.17, 15) is 13.2 Å². The number of rotatable bonds is 5. The lowest BCUT2D eigenvalue weighted by Gasteiger charge is -2.11. The molecule has 0 atom stereocenters. The van der Waals surface area contributed by atoms with E-state index in [0.29, 0.717) is 5.69 Å². The zero-order chi connectivity index (χ0) is 26.4. The zero-order valence-electron chi connectivity index (χ0n) is 20.8. The molecule has 1 aliphatic heterocycles. The van der Waals surface area contributed by atoms with Gasteiger partial charge in [-0.25, -0.2) is 13.1 Å². The molecule has 8 heteroatoms. The van der Waals surface area contributed by atoms with Crippen molar-refractivity contribution in [2.75, 3.05) is 0 Å². The van der Waals surface area contributed by atoms with E-state index in [2.05, 4.69) is 25.2 Å². The molecule has 6 rings (SSSR count). The number of hydrogen-bond donors (Lipinski definition) is 1. The summed E-state index contributed by atoms with van der Waals surface area (Å²) in [5.41, 5.74) is 6.98. The Labute approximate surface area is 230 Å². The molecule has 38 heavy (non-hydrogen) atoms. The van der Waals surface area contributed by atoms with Crippen LogP contribution in [0.15, 0.2) is 94.4 Å². The third kappa shape index (κ3) is 4.27. The Morgan fingerprint density at radius 3 is 2.32 bits per heavy atom. The van der Waals surface area contributed by atoms with E-state index < -0.39 is 15.9 Å². The van der Waals surface area contributed by atoms with Crippen LogP contribution in [-0.4, -0.2) is 23.3 Å². The second kappa shape index (κ2) is 9.60. The third-order valence-corrected chi connectivity index (χ3v) is 8.99. The zero-order valence-corrected chi connectivity index (χ0v) is 23.2. The minimum atomic E-state index is -4.07. The molecular formula is C30H26BrN3O3S. The quantitative estimate of drug-likeness (QED) is 0.252. The molecular weight excluding hydrogens is 562 g/mol. The van der Waals surface area contributed by atoms with Crippen LogP contribution >= 0.6 is 15.9 Å². The van der Waals surface area contributed by atoms with Crippen LogP contribution in [0, 0.1) is 6.92 Å². The van der Waals surface area contributed by atoms with Crippen molar-refractivity contribution < 1.29 is 13.2 Å². The van der Waals surface area contributed by atoms with Gasteiger partial charge in [-0.15, -0.1) is 0 Å². The summed E-state index contributed by atoms with van der Waals surface area (Å²) in [7, 11) is -4.07. The Morgan fingerprint density at radius 1 is 0.895 bits per heavy atom. The van der Waals surface area contributed by atoms with E-state index >= 15 is 0 Å². The van der Waals surface area contributed by atoms with E-state index in [1.165, 1.54) is 12.1 Å². The summed E-state index contributed by atoms with van der Waals surface area (Å²) >= 11 is 3.51. The molecule has 0 fully saturated rings. The first-order valence-corrected chi connectivity index (χ1v) is 14.8. The van der Waals surface area contributed by atoms with Gasteiger partial charge < -0.3 is 4.57 Å². The number of amides is 1. The minimum absolute atomic E-state index is 0.0555. The summed E-state index contributed by atoms with van der Waals surface area (Å²) in [6.45, 7) is 2.70. The molecule has 0 radical (unpaired) electrons. The third-order valence-electron chi connectivity index (χ3n) is 7.11. The van der Waals surface area contributed by atoms with Gasteiger partial charge in [0.1, 0.15) is 11.3 Å². The number of sulfonamides is 1. The van der Waals surface area contributed by atoms with Gasteiger partial charge in [0.05, 0.1) is 10.6 Å².